The highest BCUT2D eigenvalue weighted by Crippen LogP contribution is 2.44. The molecule has 5 nitrogen and oxygen atoms in total. The van der Waals surface area contributed by atoms with E-state index in [0.717, 1.165) is 25.2 Å². The molecule has 0 amide bonds. The second-order valence-corrected chi connectivity index (χ2v) is 11.1. The molecule has 0 aliphatic heterocycles. The van der Waals surface area contributed by atoms with Gasteiger partial charge in [-0.15, -0.1) is 0 Å². The lowest BCUT2D eigenvalue weighted by atomic mass is 9.80. The maximum Gasteiger partial charge on any atom is 0.469 e. The van der Waals surface area contributed by atoms with E-state index in [4.69, 9.17) is 20.0 Å². The standard InChI is InChI=1S/C21H34NO4PS/c1-2-10-28-11-8-16-3-4-18-13-19(6-5-17(18)12-16)20-7-9-21(22,14-20)15-26-27(23,24)25/h5-6,13,16,20H,2-4,7-12,14-15,22H2,1H3,(H2,23,24,25)/t16-,20+,21-/m1/s1. The third-order valence-electron chi connectivity index (χ3n) is 6.21. The highest BCUT2D eigenvalue weighted by molar-refractivity contribution is 7.99. The summed E-state index contributed by atoms with van der Waals surface area (Å²) in [5.41, 5.74) is 10.0. The summed E-state index contributed by atoms with van der Waals surface area (Å²) in [4.78, 5) is 17.9. The van der Waals surface area contributed by atoms with Crippen LogP contribution < -0.4 is 5.73 Å². The Balaban J connectivity index is 1.56. The van der Waals surface area contributed by atoms with Gasteiger partial charge < -0.3 is 15.5 Å². The monoisotopic (exact) mass is 427 g/mol. The van der Waals surface area contributed by atoms with Crippen LogP contribution in [0.2, 0.25) is 0 Å². The smallest absolute Gasteiger partial charge is 0.323 e. The summed E-state index contributed by atoms with van der Waals surface area (Å²) in [6, 6.07) is 6.91. The van der Waals surface area contributed by atoms with Gasteiger partial charge in [0.05, 0.1) is 6.61 Å². The molecule has 3 rings (SSSR count). The van der Waals surface area contributed by atoms with Crippen molar-refractivity contribution in [3.8, 4) is 0 Å². The highest BCUT2D eigenvalue weighted by Gasteiger charge is 2.38. The van der Waals surface area contributed by atoms with Gasteiger partial charge >= 0.3 is 7.82 Å². The number of aryl methyl sites for hydroxylation is 1. The van der Waals surface area contributed by atoms with E-state index in [2.05, 4.69) is 36.9 Å². The zero-order chi connectivity index (χ0) is 20.2. The number of hydrogen-bond acceptors (Lipinski definition) is 4. The Kier molecular flexibility index (Phi) is 7.68. The predicted octanol–water partition coefficient (Wildman–Crippen LogP) is 4.40. The predicted molar refractivity (Wildman–Crippen MR) is 116 cm³/mol. The van der Waals surface area contributed by atoms with Crippen LogP contribution >= 0.6 is 19.6 Å². The molecule has 3 atom stereocenters. The molecule has 2 aliphatic carbocycles. The van der Waals surface area contributed by atoms with Crippen molar-refractivity contribution in [3.63, 3.8) is 0 Å². The van der Waals surface area contributed by atoms with Gasteiger partial charge in [0.1, 0.15) is 0 Å². The van der Waals surface area contributed by atoms with Crippen molar-refractivity contribution in [2.45, 2.75) is 69.7 Å². The Morgan fingerprint density at radius 1 is 1.29 bits per heavy atom. The average Bonchev–Trinajstić information content (AvgIpc) is 3.05. The number of thioether (sulfide) groups is 1. The molecule has 0 heterocycles. The van der Waals surface area contributed by atoms with Crippen LogP contribution in [0.25, 0.3) is 0 Å². The summed E-state index contributed by atoms with van der Waals surface area (Å²) in [6.07, 6.45) is 8.61. The molecule has 7 heteroatoms. The molecule has 1 fully saturated rings. The molecule has 0 bridgehead atoms. The molecule has 0 spiro atoms. The Morgan fingerprint density at radius 2 is 2.11 bits per heavy atom. The quantitative estimate of drug-likeness (QED) is 0.400. The molecule has 1 saturated carbocycles. The lowest BCUT2D eigenvalue weighted by Crippen LogP contribution is -2.41. The second-order valence-electron chi connectivity index (χ2n) is 8.60. The summed E-state index contributed by atoms with van der Waals surface area (Å²) < 4.78 is 15.7. The maximum atomic E-state index is 11.0. The van der Waals surface area contributed by atoms with Crippen LogP contribution in [-0.4, -0.2) is 33.4 Å². The molecule has 158 valence electrons. The minimum absolute atomic E-state index is 0.0869. The van der Waals surface area contributed by atoms with Crippen LogP contribution in [0.3, 0.4) is 0 Å². The maximum absolute atomic E-state index is 11.0. The normalized spacial score (nSPS) is 27.7. The number of nitrogens with two attached hydrogens (primary N) is 1. The van der Waals surface area contributed by atoms with E-state index in [1.54, 1.807) is 0 Å². The van der Waals surface area contributed by atoms with Gasteiger partial charge in [-0.3, -0.25) is 4.52 Å². The Labute approximate surface area is 173 Å². The van der Waals surface area contributed by atoms with E-state index in [1.807, 2.05) is 0 Å². The molecule has 0 saturated heterocycles. The number of phosphoric ester groups is 1. The van der Waals surface area contributed by atoms with Crippen molar-refractivity contribution in [2.75, 3.05) is 18.1 Å². The topological polar surface area (TPSA) is 92.8 Å². The van der Waals surface area contributed by atoms with E-state index >= 15 is 0 Å². The van der Waals surface area contributed by atoms with Crippen LogP contribution in [0.4, 0.5) is 0 Å². The van der Waals surface area contributed by atoms with E-state index in [1.165, 1.54) is 53.9 Å². The molecular formula is C21H34NO4PS. The van der Waals surface area contributed by atoms with E-state index in [0.29, 0.717) is 12.3 Å². The minimum Gasteiger partial charge on any atom is -0.323 e. The third-order valence-corrected chi connectivity index (χ3v) is 7.90. The van der Waals surface area contributed by atoms with Crippen LogP contribution in [0, 0.1) is 5.92 Å². The lowest BCUT2D eigenvalue weighted by Gasteiger charge is -2.26. The molecular weight excluding hydrogens is 393 g/mol. The van der Waals surface area contributed by atoms with Gasteiger partial charge in [-0.1, -0.05) is 25.1 Å². The molecule has 0 unspecified atom stereocenters. The molecule has 28 heavy (non-hydrogen) atoms. The van der Waals surface area contributed by atoms with E-state index < -0.39 is 13.4 Å². The third kappa shape index (κ3) is 6.32. The zero-order valence-corrected chi connectivity index (χ0v) is 18.5. The fraction of sp³-hybridized carbons (Fsp3) is 0.714. The first kappa shape index (κ1) is 22.3. The number of fused-ring (bicyclic) bond motifs is 1. The molecule has 4 N–H and O–H groups in total. The first-order valence-electron chi connectivity index (χ1n) is 10.5. The number of phosphoric acid groups is 1. The van der Waals surface area contributed by atoms with Gasteiger partial charge in [-0.25, -0.2) is 4.57 Å². The van der Waals surface area contributed by atoms with Gasteiger partial charge in [-0.2, -0.15) is 11.8 Å². The van der Waals surface area contributed by atoms with Crippen molar-refractivity contribution >= 4 is 19.6 Å². The van der Waals surface area contributed by atoms with Crippen LogP contribution in [-0.2, 0) is 21.9 Å². The highest BCUT2D eigenvalue weighted by atomic mass is 32.2. The van der Waals surface area contributed by atoms with Crippen molar-refractivity contribution in [3.05, 3.63) is 34.9 Å². The minimum atomic E-state index is -4.47. The summed E-state index contributed by atoms with van der Waals surface area (Å²) in [5.74, 6) is 3.72. The molecule has 1 aromatic rings. The number of hydrogen-bond donors (Lipinski definition) is 3. The Hall–Kier alpha value is -0.360. The van der Waals surface area contributed by atoms with Gasteiger partial charge in [-0.05, 0) is 91.4 Å². The fourth-order valence-corrected chi connectivity index (χ4v) is 6.05. The Morgan fingerprint density at radius 3 is 2.86 bits per heavy atom. The van der Waals surface area contributed by atoms with Crippen molar-refractivity contribution in [1.82, 2.24) is 0 Å². The van der Waals surface area contributed by atoms with Crippen LogP contribution in [0.15, 0.2) is 18.2 Å². The van der Waals surface area contributed by atoms with Gasteiger partial charge in [0, 0.05) is 5.54 Å². The molecule has 0 radical (unpaired) electrons. The summed E-state index contributed by atoms with van der Waals surface area (Å²) in [6.45, 7) is 2.15. The van der Waals surface area contributed by atoms with Crippen LogP contribution in [0.1, 0.15) is 68.1 Å². The SMILES string of the molecule is CCCSCC[C@H]1CCc2cc([C@H]3CC[C@](N)(COP(=O)(O)O)C3)ccc2C1. The summed E-state index contributed by atoms with van der Waals surface area (Å²) in [7, 11) is -4.47. The summed E-state index contributed by atoms with van der Waals surface area (Å²) in [5, 5.41) is 0. The van der Waals surface area contributed by atoms with E-state index in [-0.39, 0.29) is 6.61 Å². The lowest BCUT2D eigenvalue weighted by molar-refractivity contribution is 0.153. The largest absolute Gasteiger partial charge is 0.469 e. The second kappa shape index (κ2) is 9.63. The Bertz CT molecular complexity index is 710. The molecule has 0 aromatic heterocycles. The van der Waals surface area contributed by atoms with Gasteiger partial charge in [0.2, 0.25) is 0 Å². The van der Waals surface area contributed by atoms with Crippen molar-refractivity contribution in [1.29, 1.82) is 0 Å². The molecule has 1 aromatic carbocycles. The first-order valence-corrected chi connectivity index (χ1v) is 13.1. The van der Waals surface area contributed by atoms with E-state index in [9.17, 15) is 4.57 Å². The van der Waals surface area contributed by atoms with Crippen molar-refractivity contribution < 1.29 is 18.9 Å². The van der Waals surface area contributed by atoms with Gasteiger partial charge in [0.25, 0.3) is 0 Å². The average molecular weight is 428 g/mol. The van der Waals surface area contributed by atoms with Crippen LogP contribution in [0.5, 0.6) is 0 Å². The number of benzene rings is 1. The first-order chi connectivity index (χ1) is 13.3. The van der Waals surface area contributed by atoms with Crippen molar-refractivity contribution in [2.24, 2.45) is 11.7 Å². The number of rotatable bonds is 9. The molecule has 2 aliphatic rings. The zero-order valence-electron chi connectivity index (χ0n) is 16.8. The fourth-order valence-electron chi connectivity index (χ4n) is 4.63. The summed E-state index contributed by atoms with van der Waals surface area (Å²) >= 11 is 2.08. The van der Waals surface area contributed by atoms with Gasteiger partial charge in [0.15, 0.2) is 0 Å².